The predicted octanol–water partition coefficient (Wildman–Crippen LogP) is 7.02. The second-order valence-corrected chi connectivity index (χ2v) is 10.1. The Kier molecular flexibility index (Phi) is 14.2. The molecule has 0 saturated heterocycles. The molecule has 0 atom stereocenters. The van der Waals surface area contributed by atoms with E-state index >= 15 is 0 Å². The molecule has 0 unspecified atom stereocenters. The largest absolute Gasteiger partial charge is 0.380 e. The lowest BCUT2D eigenvalue weighted by Crippen LogP contribution is -2.29. The van der Waals surface area contributed by atoms with Crippen molar-refractivity contribution in [3.63, 3.8) is 0 Å². The quantitative estimate of drug-likeness (QED) is 0.150. The molecule has 0 aliphatic carbocycles. The molecule has 0 radical (unpaired) electrons. The van der Waals surface area contributed by atoms with Crippen LogP contribution in [0.4, 0.5) is 5.69 Å². The van der Waals surface area contributed by atoms with Gasteiger partial charge in [-0.2, -0.15) is 0 Å². The summed E-state index contributed by atoms with van der Waals surface area (Å²) in [5.74, 6) is -0.0969. The zero-order chi connectivity index (χ0) is 29.3. The molecule has 1 heterocycles. The number of hydrogen-bond acceptors (Lipinski definition) is 5. The first-order valence-corrected chi connectivity index (χ1v) is 14.9. The van der Waals surface area contributed by atoms with Crippen LogP contribution >= 0.6 is 12.6 Å². The van der Waals surface area contributed by atoms with E-state index in [0.717, 1.165) is 49.7 Å². The van der Waals surface area contributed by atoms with Gasteiger partial charge in [0.15, 0.2) is 0 Å². The molecule has 216 valence electrons. The van der Waals surface area contributed by atoms with Crippen molar-refractivity contribution in [1.29, 1.82) is 0 Å². The van der Waals surface area contributed by atoms with Gasteiger partial charge in [0, 0.05) is 42.3 Å². The summed E-state index contributed by atoms with van der Waals surface area (Å²) in [7, 11) is 0. The summed E-state index contributed by atoms with van der Waals surface area (Å²) in [5.41, 5.74) is 12.1. The zero-order valence-electron chi connectivity index (χ0n) is 24.3. The predicted molar refractivity (Wildman–Crippen MR) is 174 cm³/mol. The van der Waals surface area contributed by atoms with E-state index in [-0.39, 0.29) is 5.91 Å². The maximum absolute atomic E-state index is 12.4. The highest BCUT2D eigenvalue weighted by molar-refractivity contribution is 7.80. The Morgan fingerprint density at radius 3 is 2.17 bits per heavy atom. The van der Waals surface area contributed by atoms with Gasteiger partial charge < -0.3 is 15.8 Å². The number of nitrogens with one attached hydrogen (secondary N) is 1. The van der Waals surface area contributed by atoms with Gasteiger partial charge in [-0.1, -0.05) is 80.6 Å². The average molecular weight is 570 g/mol. The molecule has 41 heavy (non-hydrogen) atoms. The number of carbonyl (C=O) groups is 1. The van der Waals surface area contributed by atoms with Gasteiger partial charge in [0.05, 0.1) is 13.2 Å². The summed E-state index contributed by atoms with van der Waals surface area (Å²) in [4.78, 5) is 15.7. The number of nitrogens with two attached hydrogens (primary N) is 1. The highest BCUT2D eigenvalue weighted by atomic mass is 32.1. The van der Waals surface area contributed by atoms with Crippen LogP contribution in [-0.4, -0.2) is 37.1 Å². The minimum atomic E-state index is -0.0969. The number of hydrogen-bond donors (Lipinski definition) is 3. The third-order valence-electron chi connectivity index (χ3n) is 6.60. The van der Waals surface area contributed by atoms with Crippen LogP contribution in [-0.2, 0) is 30.7 Å². The van der Waals surface area contributed by atoms with E-state index in [9.17, 15) is 4.79 Å². The first-order valence-electron chi connectivity index (χ1n) is 14.4. The number of amides is 1. The Bertz CT molecular complexity index is 1300. The molecule has 1 amide bonds. The summed E-state index contributed by atoms with van der Waals surface area (Å²) < 4.78 is 5.26. The van der Waals surface area contributed by atoms with Crippen molar-refractivity contribution < 1.29 is 9.53 Å². The van der Waals surface area contributed by atoms with E-state index in [2.05, 4.69) is 59.2 Å². The molecule has 0 aromatic heterocycles. The van der Waals surface area contributed by atoms with Crippen LogP contribution in [0.1, 0.15) is 46.5 Å². The van der Waals surface area contributed by atoms with Crippen LogP contribution in [0.5, 0.6) is 0 Å². The van der Waals surface area contributed by atoms with Crippen molar-refractivity contribution in [3.8, 4) is 0 Å². The Hall–Kier alpha value is -3.42. The molecule has 6 heteroatoms. The fraction of sp³-hybridized carbons (Fsp3) is 0.286. The van der Waals surface area contributed by atoms with Crippen molar-refractivity contribution in [2.24, 2.45) is 5.73 Å². The number of nitrogens with zero attached hydrogens (tertiary/aromatic N) is 1. The number of thiol groups is 1. The molecule has 3 N–H and O–H groups in total. The summed E-state index contributed by atoms with van der Waals surface area (Å²) in [5, 5.41) is 2.91. The monoisotopic (exact) mass is 569 g/mol. The molecular formula is C35H43N3O2S. The molecule has 0 fully saturated rings. The van der Waals surface area contributed by atoms with Crippen LogP contribution in [0.25, 0.3) is 0 Å². The third-order valence-corrected chi connectivity index (χ3v) is 6.90. The van der Waals surface area contributed by atoms with Gasteiger partial charge in [0.2, 0.25) is 0 Å². The topological polar surface area (TPSA) is 67.6 Å². The summed E-state index contributed by atoms with van der Waals surface area (Å²) in [6, 6.07) is 34.3. The molecule has 4 aromatic carbocycles. The minimum Gasteiger partial charge on any atom is -0.380 e. The van der Waals surface area contributed by atoms with Crippen molar-refractivity contribution in [3.05, 3.63) is 131 Å². The standard InChI is InChI=1S/C23H22N2OS.C10H15NO.C2H6/c26-23(24-21-9-11-22(27)12-10-21)19-7-5-17(6-8-19)15-25-14-13-18-3-1-2-4-20(18)16-25;11-7-9-12-8-6-10-4-2-1-3-5-10;1-2/h1-12,27H,13-16H2,(H,24,26);1-5H,6-9,11H2;1-2H3. The fourth-order valence-electron chi connectivity index (χ4n) is 4.48. The number of fused-ring (bicyclic) bond motifs is 1. The SMILES string of the molecule is CC.NCCOCCc1ccccc1.O=C(Nc1ccc(S)cc1)c1ccc(CN2CCc3ccccc3C2)cc1. The molecule has 1 aliphatic heterocycles. The zero-order valence-corrected chi connectivity index (χ0v) is 25.2. The Balaban J connectivity index is 0.000000278. The number of carbonyl (C=O) groups excluding carboxylic acids is 1. The van der Waals surface area contributed by atoms with E-state index in [0.29, 0.717) is 18.7 Å². The van der Waals surface area contributed by atoms with Crippen LogP contribution < -0.4 is 11.1 Å². The number of ether oxygens (including phenoxy) is 1. The van der Waals surface area contributed by atoms with E-state index in [1.54, 1.807) is 0 Å². The molecule has 1 aliphatic rings. The van der Waals surface area contributed by atoms with Crippen molar-refractivity contribution in [1.82, 2.24) is 4.90 Å². The summed E-state index contributed by atoms with van der Waals surface area (Å²) >= 11 is 4.26. The summed E-state index contributed by atoms with van der Waals surface area (Å²) in [6.45, 7) is 8.99. The molecule has 5 nitrogen and oxygen atoms in total. The highest BCUT2D eigenvalue weighted by Crippen LogP contribution is 2.20. The Labute approximate surface area is 251 Å². The molecule has 5 rings (SSSR count). The van der Waals surface area contributed by atoms with Gasteiger partial charge in [-0.05, 0) is 71.5 Å². The number of anilines is 1. The molecular weight excluding hydrogens is 526 g/mol. The normalized spacial score (nSPS) is 12.2. The lowest BCUT2D eigenvalue weighted by atomic mass is 9.99. The number of benzene rings is 4. The molecule has 4 aromatic rings. The van der Waals surface area contributed by atoms with Crippen LogP contribution in [0, 0.1) is 0 Å². The van der Waals surface area contributed by atoms with Crippen LogP contribution in [0.3, 0.4) is 0 Å². The smallest absolute Gasteiger partial charge is 0.255 e. The van der Waals surface area contributed by atoms with Gasteiger partial charge >= 0.3 is 0 Å². The first kappa shape index (κ1) is 32.1. The summed E-state index contributed by atoms with van der Waals surface area (Å²) in [6.07, 6.45) is 2.07. The van der Waals surface area contributed by atoms with Gasteiger partial charge in [-0.3, -0.25) is 9.69 Å². The molecule has 0 spiro atoms. The average Bonchev–Trinajstić information content (AvgIpc) is 3.02. The minimum absolute atomic E-state index is 0.0969. The Morgan fingerprint density at radius 1 is 0.829 bits per heavy atom. The van der Waals surface area contributed by atoms with Gasteiger partial charge in [0.25, 0.3) is 5.91 Å². The first-order chi connectivity index (χ1) is 20.1. The maximum atomic E-state index is 12.4. The van der Waals surface area contributed by atoms with E-state index in [1.807, 2.05) is 80.6 Å². The van der Waals surface area contributed by atoms with Crippen molar-refractivity contribution >= 4 is 24.2 Å². The molecule has 0 saturated carbocycles. The van der Waals surface area contributed by atoms with Crippen molar-refractivity contribution in [2.75, 3.05) is 31.6 Å². The van der Waals surface area contributed by atoms with E-state index < -0.39 is 0 Å². The van der Waals surface area contributed by atoms with Crippen molar-refractivity contribution in [2.45, 2.75) is 44.7 Å². The van der Waals surface area contributed by atoms with E-state index in [4.69, 9.17) is 10.5 Å². The van der Waals surface area contributed by atoms with Crippen LogP contribution in [0.15, 0.2) is 108 Å². The maximum Gasteiger partial charge on any atom is 0.255 e. The second kappa shape index (κ2) is 18.1. The highest BCUT2D eigenvalue weighted by Gasteiger charge is 2.16. The van der Waals surface area contributed by atoms with Gasteiger partial charge in [0.1, 0.15) is 0 Å². The number of rotatable bonds is 9. The Morgan fingerprint density at radius 2 is 1.49 bits per heavy atom. The second-order valence-electron chi connectivity index (χ2n) is 9.56. The van der Waals surface area contributed by atoms with Gasteiger partial charge in [-0.15, -0.1) is 12.6 Å². The van der Waals surface area contributed by atoms with E-state index in [1.165, 1.54) is 22.3 Å². The van der Waals surface area contributed by atoms with Gasteiger partial charge in [-0.25, -0.2) is 0 Å². The third kappa shape index (κ3) is 11.2. The lowest BCUT2D eigenvalue weighted by molar-refractivity contribution is 0.102. The fourth-order valence-corrected chi connectivity index (χ4v) is 4.63. The lowest BCUT2D eigenvalue weighted by Gasteiger charge is -2.28. The van der Waals surface area contributed by atoms with Crippen LogP contribution in [0.2, 0.25) is 0 Å². The molecule has 0 bridgehead atoms.